The zero-order chi connectivity index (χ0) is 11.3. The van der Waals surface area contributed by atoms with Gasteiger partial charge < -0.3 is 0 Å². The molecule has 1 rings (SSSR count). The van der Waals surface area contributed by atoms with E-state index < -0.39 is 0 Å². The van der Waals surface area contributed by atoms with E-state index in [1.165, 1.54) is 12.0 Å². The quantitative estimate of drug-likeness (QED) is 0.671. The molecule has 3 nitrogen and oxygen atoms in total. The minimum Gasteiger partial charge on any atom is -0.252 e. The van der Waals surface area contributed by atoms with Crippen molar-refractivity contribution in [3.05, 3.63) is 24.5 Å². The maximum Gasteiger partial charge on any atom is 0.0692 e. The van der Waals surface area contributed by atoms with Crippen LogP contribution in [0.25, 0.3) is 0 Å². The molecule has 0 amide bonds. The second-order valence-corrected chi connectivity index (χ2v) is 4.78. The minimum atomic E-state index is 0.629. The average molecular weight is 207 g/mol. The summed E-state index contributed by atoms with van der Waals surface area (Å²) in [6.45, 7) is 11.5. The summed E-state index contributed by atoms with van der Waals surface area (Å²) in [4.78, 5) is 0. The van der Waals surface area contributed by atoms with E-state index in [1.54, 1.807) is 6.20 Å². The Morgan fingerprint density at radius 2 is 2.20 bits per heavy atom. The second kappa shape index (κ2) is 5.69. The van der Waals surface area contributed by atoms with Gasteiger partial charge in [0.1, 0.15) is 0 Å². The van der Waals surface area contributed by atoms with Crippen LogP contribution in [0.2, 0.25) is 0 Å². The van der Waals surface area contributed by atoms with Gasteiger partial charge in [0.15, 0.2) is 0 Å². The molecule has 0 saturated heterocycles. The number of hydrogen-bond donors (Lipinski definition) is 0. The number of aromatic nitrogens is 3. The third-order valence-electron chi connectivity index (χ3n) is 2.36. The molecule has 0 saturated carbocycles. The Kier molecular flexibility index (Phi) is 4.53. The van der Waals surface area contributed by atoms with Crippen molar-refractivity contribution in [2.75, 3.05) is 0 Å². The van der Waals surface area contributed by atoms with Gasteiger partial charge in [0.05, 0.1) is 6.20 Å². The molecule has 0 spiro atoms. The largest absolute Gasteiger partial charge is 0.252 e. The lowest BCUT2D eigenvalue weighted by atomic mass is 9.92. The first-order valence-electron chi connectivity index (χ1n) is 5.56. The predicted molar refractivity (Wildman–Crippen MR) is 62.4 cm³/mol. The lowest BCUT2D eigenvalue weighted by Crippen LogP contribution is -2.14. The maximum atomic E-state index is 4.01. The highest BCUT2D eigenvalue weighted by molar-refractivity contribution is 4.90. The van der Waals surface area contributed by atoms with Crippen molar-refractivity contribution >= 4 is 0 Å². The summed E-state index contributed by atoms with van der Waals surface area (Å²) in [5, 5.41) is 7.83. The third kappa shape index (κ3) is 4.77. The molecule has 3 heteroatoms. The van der Waals surface area contributed by atoms with E-state index in [4.69, 9.17) is 0 Å². The zero-order valence-corrected chi connectivity index (χ0v) is 9.98. The number of rotatable bonds is 6. The lowest BCUT2D eigenvalue weighted by Gasteiger charge is -2.18. The Morgan fingerprint density at radius 1 is 1.47 bits per heavy atom. The molecule has 0 aliphatic heterocycles. The van der Waals surface area contributed by atoms with Crippen molar-refractivity contribution in [2.24, 2.45) is 11.8 Å². The van der Waals surface area contributed by atoms with Crippen LogP contribution >= 0.6 is 0 Å². The molecular formula is C12H21N3. The molecule has 0 aliphatic carbocycles. The van der Waals surface area contributed by atoms with Crippen molar-refractivity contribution in [3.8, 4) is 0 Å². The molecule has 0 fully saturated rings. The van der Waals surface area contributed by atoms with Crippen LogP contribution in [-0.4, -0.2) is 15.0 Å². The Morgan fingerprint density at radius 3 is 2.67 bits per heavy atom. The van der Waals surface area contributed by atoms with Gasteiger partial charge in [-0.15, -0.1) is 11.7 Å². The fraction of sp³-hybridized carbons (Fsp3) is 0.667. The van der Waals surface area contributed by atoms with Gasteiger partial charge in [-0.3, -0.25) is 4.68 Å². The molecule has 0 bridgehead atoms. The molecular weight excluding hydrogens is 186 g/mol. The molecule has 0 aliphatic rings. The minimum absolute atomic E-state index is 0.629. The molecule has 1 heterocycles. The maximum absolute atomic E-state index is 4.01. The topological polar surface area (TPSA) is 30.7 Å². The highest BCUT2D eigenvalue weighted by atomic mass is 15.4. The van der Waals surface area contributed by atoms with Crippen molar-refractivity contribution in [1.82, 2.24) is 15.0 Å². The second-order valence-electron chi connectivity index (χ2n) is 4.78. The number of nitrogens with zero attached hydrogens (tertiary/aromatic N) is 3. The Hall–Kier alpha value is -1.12. The van der Waals surface area contributed by atoms with Crippen molar-refractivity contribution in [3.63, 3.8) is 0 Å². The summed E-state index contributed by atoms with van der Waals surface area (Å²) in [6, 6.07) is 0. The highest BCUT2D eigenvalue weighted by Gasteiger charge is 2.12. The van der Waals surface area contributed by atoms with Gasteiger partial charge in [-0.05, 0) is 31.6 Å². The smallest absolute Gasteiger partial charge is 0.0692 e. The first-order valence-corrected chi connectivity index (χ1v) is 5.56. The molecule has 1 unspecified atom stereocenters. The first kappa shape index (κ1) is 12.0. The molecule has 15 heavy (non-hydrogen) atoms. The Balaban J connectivity index is 2.52. The lowest BCUT2D eigenvalue weighted by molar-refractivity contribution is 0.342. The summed E-state index contributed by atoms with van der Waals surface area (Å²) < 4.78 is 1.91. The van der Waals surface area contributed by atoms with Crippen LogP contribution in [0.3, 0.4) is 0 Å². The fourth-order valence-corrected chi connectivity index (χ4v) is 1.98. The predicted octanol–water partition coefficient (Wildman–Crippen LogP) is 2.91. The number of allylic oxidation sites excluding steroid dienone is 1. The molecule has 0 radical (unpaired) electrons. The molecule has 84 valence electrons. The van der Waals surface area contributed by atoms with Gasteiger partial charge in [-0.2, -0.15) is 0 Å². The first-order chi connectivity index (χ1) is 7.08. The van der Waals surface area contributed by atoms with E-state index in [0.717, 1.165) is 18.9 Å². The normalized spacial score (nSPS) is 13.1. The van der Waals surface area contributed by atoms with Crippen LogP contribution in [0.1, 0.15) is 33.6 Å². The molecule has 1 atom stereocenters. The van der Waals surface area contributed by atoms with Crippen LogP contribution in [0.5, 0.6) is 0 Å². The van der Waals surface area contributed by atoms with Crippen LogP contribution in [0, 0.1) is 11.8 Å². The summed E-state index contributed by atoms with van der Waals surface area (Å²) in [5.41, 5.74) is 1.25. The van der Waals surface area contributed by atoms with Crippen molar-refractivity contribution in [2.45, 2.75) is 40.2 Å². The van der Waals surface area contributed by atoms with E-state index in [-0.39, 0.29) is 0 Å². The van der Waals surface area contributed by atoms with E-state index in [9.17, 15) is 0 Å². The van der Waals surface area contributed by atoms with Crippen LogP contribution in [0.4, 0.5) is 0 Å². The van der Waals surface area contributed by atoms with E-state index in [0.29, 0.717) is 5.92 Å². The average Bonchev–Trinajstić information content (AvgIpc) is 2.53. The van der Waals surface area contributed by atoms with Crippen LogP contribution < -0.4 is 0 Å². The van der Waals surface area contributed by atoms with Crippen molar-refractivity contribution in [1.29, 1.82) is 0 Å². The van der Waals surface area contributed by atoms with Gasteiger partial charge in [0.2, 0.25) is 0 Å². The molecule has 0 aromatic carbocycles. The Bertz CT molecular complexity index is 288. The summed E-state index contributed by atoms with van der Waals surface area (Å²) in [6.07, 6.45) is 5.95. The standard InChI is InChI=1S/C12H21N3/c1-10(2)7-12(8-11(3)4)9-15-6-5-13-14-15/h5-6,11-12H,1,7-9H2,2-4H3. The SMILES string of the molecule is C=C(C)CC(CC(C)C)Cn1ccnn1. The van der Waals surface area contributed by atoms with Crippen molar-refractivity contribution < 1.29 is 0 Å². The van der Waals surface area contributed by atoms with Gasteiger partial charge in [-0.1, -0.05) is 24.6 Å². The number of hydrogen-bond acceptors (Lipinski definition) is 2. The van der Waals surface area contributed by atoms with Gasteiger partial charge in [0, 0.05) is 12.7 Å². The van der Waals surface area contributed by atoms with Crippen LogP contribution in [-0.2, 0) is 6.54 Å². The monoisotopic (exact) mass is 207 g/mol. The molecule has 1 aromatic heterocycles. The zero-order valence-electron chi connectivity index (χ0n) is 9.98. The van der Waals surface area contributed by atoms with Gasteiger partial charge >= 0.3 is 0 Å². The summed E-state index contributed by atoms with van der Waals surface area (Å²) >= 11 is 0. The third-order valence-corrected chi connectivity index (χ3v) is 2.36. The molecule has 1 aromatic rings. The van der Waals surface area contributed by atoms with Gasteiger partial charge in [0.25, 0.3) is 0 Å². The summed E-state index contributed by atoms with van der Waals surface area (Å²) in [5.74, 6) is 1.35. The van der Waals surface area contributed by atoms with E-state index in [1.807, 2.05) is 10.9 Å². The highest BCUT2D eigenvalue weighted by Crippen LogP contribution is 2.20. The fourth-order valence-electron chi connectivity index (χ4n) is 1.98. The van der Waals surface area contributed by atoms with Gasteiger partial charge in [-0.25, -0.2) is 0 Å². The Labute approximate surface area is 92.2 Å². The molecule has 0 N–H and O–H groups in total. The van der Waals surface area contributed by atoms with E-state index >= 15 is 0 Å². The van der Waals surface area contributed by atoms with Crippen LogP contribution in [0.15, 0.2) is 24.5 Å². The summed E-state index contributed by atoms with van der Waals surface area (Å²) in [7, 11) is 0. The van der Waals surface area contributed by atoms with E-state index in [2.05, 4.69) is 37.7 Å².